The van der Waals surface area contributed by atoms with Gasteiger partial charge in [0.1, 0.15) is 19.8 Å². The summed E-state index contributed by atoms with van der Waals surface area (Å²) < 4.78 is 34.3. The van der Waals surface area contributed by atoms with Gasteiger partial charge in [-0.25, -0.2) is 0 Å². The second-order valence-electron chi connectivity index (χ2n) is 24.9. The molecule has 0 heterocycles. The molecule has 0 aliphatic carbocycles. The van der Waals surface area contributed by atoms with E-state index >= 15 is 0 Å². The zero-order valence-electron chi connectivity index (χ0n) is 56.5. The minimum absolute atomic E-state index is 0.0341. The van der Waals surface area contributed by atoms with E-state index in [4.69, 9.17) is 18.5 Å². The number of hydrogen-bond acceptors (Lipinski definition) is 8. The summed E-state index contributed by atoms with van der Waals surface area (Å²) in [5.41, 5.74) is 0. The van der Waals surface area contributed by atoms with Crippen molar-refractivity contribution in [2.75, 3.05) is 47.5 Å². The number of rotatable bonds is 65. The molecule has 0 aliphatic heterocycles. The number of allylic oxidation sites excluding steroid dienone is 18. The first-order valence-electron chi connectivity index (χ1n) is 35.6. The van der Waals surface area contributed by atoms with E-state index in [2.05, 4.69) is 123 Å². The van der Waals surface area contributed by atoms with Crippen LogP contribution in [0.1, 0.15) is 309 Å². The number of phosphoric acid groups is 1. The van der Waals surface area contributed by atoms with Crippen LogP contribution in [0.4, 0.5) is 0 Å². The van der Waals surface area contributed by atoms with Crippen LogP contribution in [0.25, 0.3) is 0 Å². The van der Waals surface area contributed by atoms with Crippen LogP contribution in [0.15, 0.2) is 109 Å². The summed E-state index contributed by atoms with van der Waals surface area (Å²) in [5.74, 6) is -0.829. The molecule has 9 nitrogen and oxygen atoms in total. The smallest absolute Gasteiger partial charge is 0.306 e. The minimum Gasteiger partial charge on any atom is -0.756 e. The van der Waals surface area contributed by atoms with Crippen LogP contribution >= 0.6 is 7.82 Å². The quantitative estimate of drug-likeness (QED) is 0.0195. The van der Waals surface area contributed by atoms with E-state index in [1.54, 1.807) is 0 Å². The summed E-state index contributed by atoms with van der Waals surface area (Å²) in [5, 5.41) is 0. The fourth-order valence-corrected chi connectivity index (χ4v) is 10.6. The number of unbranched alkanes of at least 4 members (excludes halogenated alkanes) is 33. The molecule has 2 atom stereocenters. The minimum atomic E-state index is -4.65. The Morgan fingerprint density at radius 2 is 0.663 bits per heavy atom. The summed E-state index contributed by atoms with van der Waals surface area (Å²) >= 11 is 0. The molecule has 86 heavy (non-hydrogen) atoms. The van der Waals surface area contributed by atoms with Gasteiger partial charge in [-0.15, -0.1) is 0 Å². The molecule has 10 heteroatoms. The molecule has 0 aromatic heterocycles. The van der Waals surface area contributed by atoms with Crippen LogP contribution in [0.5, 0.6) is 0 Å². The number of quaternary nitrogens is 1. The van der Waals surface area contributed by atoms with Crippen molar-refractivity contribution in [3.8, 4) is 0 Å². The van der Waals surface area contributed by atoms with E-state index in [1.807, 2.05) is 21.1 Å². The number of esters is 2. The third-order valence-electron chi connectivity index (χ3n) is 15.3. The van der Waals surface area contributed by atoms with Crippen molar-refractivity contribution >= 4 is 19.8 Å². The van der Waals surface area contributed by atoms with Gasteiger partial charge in [0, 0.05) is 12.8 Å². The van der Waals surface area contributed by atoms with E-state index in [1.165, 1.54) is 186 Å². The Bertz CT molecular complexity index is 1820. The van der Waals surface area contributed by atoms with Crippen LogP contribution in [0.3, 0.4) is 0 Å². The highest BCUT2D eigenvalue weighted by Crippen LogP contribution is 2.38. The Hall–Kier alpha value is -3.33. The topological polar surface area (TPSA) is 111 Å². The summed E-state index contributed by atoms with van der Waals surface area (Å²) in [4.78, 5) is 38.1. The molecule has 0 N–H and O–H groups in total. The van der Waals surface area contributed by atoms with Crippen molar-refractivity contribution in [1.29, 1.82) is 0 Å². The predicted molar refractivity (Wildman–Crippen MR) is 369 cm³/mol. The van der Waals surface area contributed by atoms with Gasteiger partial charge in [-0.05, 0) is 103 Å². The first-order chi connectivity index (χ1) is 42.0. The Morgan fingerprint density at radius 3 is 0.988 bits per heavy atom. The number of likely N-dealkylation sites (N-methyl/N-ethyl adjacent to an activating group) is 1. The number of carbonyl (C=O) groups is 2. The summed E-state index contributed by atoms with van der Waals surface area (Å²) in [6.07, 6.45) is 93.1. The molecule has 0 fully saturated rings. The zero-order valence-corrected chi connectivity index (χ0v) is 57.4. The molecule has 0 saturated carbocycles. The Balaban J connectivity index is 4.05. The lowest BCUT2D eigenvalue weighted by molar-refractivity contribution is -0.870. The zero-order chi connectivity index (χ0) is 62.6. The molecule has 0 aliphatic rings. The first kappa shape index (κ1) is 82.7. The number of ether oxygens (including phenoxy) is 2. The Morgan fingerprint density at radius 1 is 0.372 bits per heavy atom. The number of nitrogens with zero attached hydrogens (tertiary/aromatic N) is 1. The van der Waals surface area contributed by atoms with Crippen molar-refractivity contribution in [2.45, 2.75) is 315 Å². The normalized spacial score (nSPS) is 13.8. The van der Waals surface area contributed by atoms with Crippen LogP contribution < -0.4 is 4.89 Å². The average molecular weight is 1220 g/mol. The molecule has 0 aromatic rings. The van der Waals surface area contributed by atoms with Gasteiger partial charge in [-0.2, -0.15) is 0 Å². The summed E-state index contributed by atoms with van der Waals surface area (Å²) in [6, 6.07) is 0. The van der Waals surface area contributed by atoms with Gasteiger partial charge in [-0.3, -0.25) is 14.2 Å². The van der Waals surface area contributed by atoms with Crippen molar-refractivity contribution in [3.63, 3.8) is 0 Å². The van der Waals surface area contributed by atoms with Crippen molar-refractivity contribution in [3.05, 3.63) is 109 Å². The Kier molecular flexibility index (Phi) is 63.5. The van der Waals surface area contributed by atoms with Gasteiger partial charge in [-0.1, -0.05) is 303 Å². The van der Waals surface area contributed by atoms with Crippen LogP contribution in [0.2, 0.25) is 0 Å². The fourth-order valence-electron chi connectivity index (χ4n) is 9.85. The monoisotopic (exact) mass is 1220 g/mol. The number of carbonyl (C=O) groups excluding carboxylic acids is 2. The second kappa shape index (κ2) is 66.1. The fraction of sp³-hybridized carbons (Fsp3) is 0.737. The highest BCUT2D eigenvalue weighted by atomic mass is 31.2. The van der Waals surface area contributed by atoms with Gasteiger partial charge in [0.25, 0.3) is 7.82 Å². The molecular formula is C76H134NO8P. The van der Waals surface area contributed by atoms with E-state index in [0.29, 0.717) is 17.4 Å². The lowest BCUT2D eigenvalue weighted by Crippen LogP contribution is -2.37. The van der Waals surface area contributed by atoms with E-state index in [9.17, 15) is 19.0 Å². The van der Waals surface area contributed by atoms with E-state index < -0.39 is 26.5 Å². The lowest BCUT2D eigenvalue weighted by Gasteiger charge is -2.28. The Labute approximate surface area is 531 Å². The van der Waals surface area contributed by atoms with Crippen LogP contribution in [0, 0.1) is 0 Å². The SMILES string of the molecule is CC/C=C\C/C=C\C/C=C\C/C=C\C/C=C\C/C=C\CCCCCCCCCCCCCCCCC(=O)OC(COC(=O)CCCCCCCCCCCCCCCC/C=C\C/C=C\C/C=C\CCCCCCC)COP(=O)([O-])OCC[N+](C)(C)C. The standard InChI is InChI=1S/C76H134NO8P/c1-6-8-10-12-14-16-18-20-22-24-26-28-30-32-34-36-37-38-39-41-43-45-47-49-51-53-55-57-59-61-63-65-67-69-76(79)85-74(73-84-86(80,81)83-71-70-77(3,4)5)72-82-75(78)68-66-64-62-60-58-56-54-52-50-48-46-44-42-40-35-33-31-29-27-25-23-21-19-17-15-13-11-9-7-2/h8,10,14,16,19-22,25-28,31-34,37-38,74H,6-7,9,11-13,15,17-18,23-24,29-30,35-36,39-73H2,1-5H3/b10-8-,16-14-,21-19-,22-20-,27-25-,28-26-,33-31-,34-32-,38-37-. The van der Waals surface area contributed by atoms with E-state index in [-0.39, 0.29) is 32.0 Å². The molecular weight excluding hydrogens is 1090 g/mol. The first-order valence-corrected chi connectivity index (χ1v) is 37.1. The predicted octanol–water partition coefficient (Wildman–Crippen LogP) is 22.6. The molecule has 0 rings (SSSR count). The van der Waals surface area contributed by atoms with Gasteiger partial charge >= 0.3 is 11.9 Å². The molecule has 496 valence electrons. The van der Waals surface area contributed by atoms with Crippen LogP contribution in [-0.4, -0.2) is 70.0 Å². The molecule has 2 unspecified atom stereocenters. The van der Waals surface area contributed by atoms with Crippen LogP contribution in [-0.2, 0) is 32.7 Å². The summed E-state index contributed by atoms with van der Waals surface area (Å²) in [7, 11) is 1.16. The molecule has 0 aromatic carbocycles. The van der Waals surface area contributed by atoms with Crippen molar-refractivity contribution in [2.24, 2.45) is 0 Å². The molecule has 0 radical (unpaired) electrons. The molecule has 0 bridgehead atoms. The summed E-state index contributed by atoms with van der Waals surface area (Å²) in [6.45, 7) is 4.14. The lowest BCUT2D eigenvalue weighted by atomic mass is 10.0. The van der Waals surface area contributed by atoms with Gasteiger partial charge in [0.05, 0.1) is 27.7 Å². The third-order valence-corrected chi connectivity index (χ3v) is 16.2. The maximum Gasteiger partial charge on any atom is 0.306 e. The number of hydrogen-bond donors (Lipinski definition) is 0. The van der Waals surface area contributed by atoms with Crippen molar-refractivity contribution in [1.82, 2.24) is 0 Å². The van der Waals surface area contributed by atoms with Gasteiger partial charge in [0.15, 0.2) is 6.10 Å². The average Bonchev–Trinajstić information content (AvgIpc) is 3.70. The highest BCUT2D eigenvalue weighted by molar-refractivity contribution is 7.45. The second-order valence-corrected chi connectivity index (χ2v) is 26.3. The number of phosphoric ester groups is 1. The van der Waals surface area contributed by atoms with E-state index in [0.717, 1.165) is 89.9 Å². The molecule has 0 amide bonds. The maximum atomic E-state index is 12.9. The van der Waals surface area contributed by atoms with Gasteiger partial charge < -0.3 is 27.9 Å². The van der Waals surface area contributed by atoms with Crippen molar-refractivity contribution < 1.29 is 42.1 Å². The third kappa shape index (κ3) is 69.8. The molecule has 0 spiro atoms. The maximum absolute atomic E-state index is 12.9. The van der Waals surface area contributed by atoms with Gasteiger partial charge in [0.2, 0.25) is 0 Å². The molecule has 0 saturated heterocycles. The largest absolute Gasteiger partial charge is 0.756 e. The highest BCUT2D eigenvalue weighted by Gasteiger charge is 2.22.